The van der Waals surface area contributed by atoms with Crippen LogP contribution in [0.3, 0.4) is 0 Å². The summed E-state index contributed by atoms with van der Waals surface area (Å²) in [5.74, 6) is 0. The number of hydrogen-bond donors (Lipinski definition) is 1. The van der Waals surface area contributed by atoms with Crippen molar-refractivity contribution < 1.29 is 0 Å². The predicted octanol–water partition coefficient (Wildman–Crippen LogP) is 4.54. The first-order valence-corrected chi connectivity index (χ1v) is 7.68. The molecule has 0 amide bonds. The van der Waals surface area contributed by atoms with Crippen LogP contribution in [0.4, 0.5) is 0 Å². The molecule has 0 bridgehead atoms. The number of hydrogen-bond acceptors (Lipinski definition) is 4. The highest BCUT2D eigenvalue weighted by molar-refractivity contribution is 7.71. The monoisotopic (exact) mass is 314 g/mol. The summed E-state index contributed by atoms with van der Waals surface area (Å²) >= 11 is 5.30. The van der Waals surface area contributed by atoms with Crippen molar-refractivity contribution in [3.63, 3.8) is 0 Å². The second-order valence-corrected chi connectivity index (χ2v) is 5.80. The first kappa shape index (κ1) is 12.6. The third kappa shape index (κ3) is 1.71. The maximum atomic E-state index is 5.30. The maximum absolute atomic E-state index is 5.30. The molecule has 0 saturated carbocycles. The number of nitrogens with one attached hydrogen (secondary N) is 1. The van der Waals surface area contributed by atoms with E-state index in [1.165, 1.54) is 10.8 Å². The fourth-order valence-electron chi connectivity index (χ4n) is 3.12. The Balaban J connectivity index is 2.19. The molecular weight excluding hydrogens is 304 g/mol. The Kier molecular flexibility index (Phi) is 2.49. The first-order chi connectivity index (χ1) is 11.3. The molecule has 0 radical (unpaired) electrons. The van der Waals surface area contributed by atoms with Gasteiger partial charge in [0.2, 0.25) is 0 Å². The number of aromatic amines is 1. The molecule has 0 aliphatic rings. The minimum absolute atomic E-state index is 0.463. The van der Waals surface area contributed by atoms with Gasteiger partial charge in [-0.3, -0.25) is 0 Å². The van der Waals surface area contributed by atoms with Crippen molar-refractivity contribution >= 4 is 56.0 Å². The summed E-state index contributed by atoms with van der Waals surface area (Å²) in [5.41, 5.74) is 3.04. The Labute approximate surface area is 135 Å². The molecule has 23 heavy (non-hydrogen) atoms. The molecule has 0 saturated heterocycles. The molecule has 2 heterocycles. The highest BCUT2D eigenvalue weighted by atomic mass is 32.1. The number of benzene rings is 3. The maximum Gasteiger partial charge on any atom is 0.161 e. The Bertz CT molecular complexity index is 1290. The average Bonchev–Trinajstić information content (AvgIpc) is 2.61. The van der Waals surface area contributed by atoms with Gasteiger partial charge in [-0.05, 0) is 10.8 Å². The van der Waals surface area contributed by atoms with E-state index < -0.39 is 0 Å². The Morgan fingerprint density at radius 3 is 1.91 bits per heavy atom. The highest BCUT2D eigenvalue weighted by Gasteiger charge is 2.12. The molecule has 5 aromatic rings. The van der Waals surface area contributed by atoms with Crippen molar-refractivity contribution in [3.8, 4) is 0 Å². The van der Waals surface area contributed by atoms with Crippen LogP contribution in [0.2, 0.25) is 0 Å². The second-order valence-electron chi connectivity index (χ2n) is 5.42. The van der Waals surface area contributed by atoms with E-state index in [0.29, 0.717) is 15.8 Å². The molecule has 0 aliphatic carbocycles. The van der Waals surface area contributed by atoms with Gasteiger partial charge in [-0.15, -0.1) is 0 Å². The smallest absolute Gasteiger partial charge is 0.161 e. The first-order valence-electron chi connectivity index (χ1n) is 7.27. The van der Waals surface area contributed by atoms with E-state index in [-0.39, 0.29) is 0 Å². The van der Waals surface area contributed by atoms with E-state index in [1.54, 1.807) is 6.33 Å². The summed E-state index contributed by atoms with van der Waals surface area (Å²) in [6.07, 6.45) is 1.56. The van der Waals surface area contributed by atoms with Crippen LogP contribution in [-0.2, 0) is 0 Å². The molecule has 0 spiro atoms. The fraction of sp³-hybridized carbons (Fsp3) is 0. The van der Waals surface area contributed by atoms with Crippen molar-refractivity contribution in [3.05, 3.63) is 59.5 Å². The van der Waals surface area contributed by atoms with Crippen molar-refractivity contribution in [2.24, 2.45) is 0 Å². The molecule has 4 nitrogen and oxygen atoms in total. The van der Waals surface area contributed by atoms with Crippen molar-refractivity contribution in [2.45, 2.75) is 0 Å². The minimum atomic E-state index is 0.463. The molecule has 5 heteroatoms. The lowest BCUT2D eigenvalue weighted by Crippen LogP contribution is -1.94. The molecule has 0 unspecified atom stereocenters. The van der Waals surface area contributed by atoms with Crippen molar-refractivity contribution in [1.82, 2.24) is 19.9 Å². The van der Waals surface area contributed by atoms with E-state index in [1.807, 2.05) is 24.3 Å². The third-order valence-electron chi connectivity index (χ3n) is 4.14. The van der Waals surface area contributed by atoms with Crippen LogP contribution < -0.4 is 0 Å². The minimum Gasteiger partial charge on any atom is -0.329 e. The van der Waals surface area contributed by atoms with Crippen LogP contribution in [0.15, 0.2) is 54.9 Å². The van der Waals surface area contributed by atoms with Gasteiger partial charge in [0.15, 0.2) is 10.3 Å². The molecular formula is C18H10N4S. The standard InChI is InChI=1S/C18H10N4S/c23-18-16-17(19-9-20-18)22-15-13-8-4-2-6-11(13)10-5-1-3-7-12(10)14(15)21-16/h1-9H,(H,19,20,22,23). The van der Waals surface area contributed by atoms with E-state index in [2.05, 4.69) is 34.2 Å². The van der Waals surface area contributed by atoms with Crippen LogP contribution in [-0.4, -0.2) is 19.9 Å². The molecule has 0 aliphatic heterocycles. The van der Waals surface area contributed by atoms with Gasteiger partial charge in [0.25, 0.3) is 0 Å². The molecule has 3 aromatic carbocycles. The topological polar surface area (TPSA) is 54.5 Å². The Hall–Kier alpha value is -2.92. The number of fused-ring (bicyclic) bond motifs is 7. The molecule has 1 N–H and O–H groups in total. The van der Waals surface area contributed by atoms with Crippen LogP contribution in [0.1, 0.15) is 0 Å². The highest BCUT2D eigenvalue weighted by Crippen LogP contribution is 2.33. The normalized spacial score (nSPS) is 11.7. The number of H-pyrrole nitrogens is 1. The average molecular weight is 314 g/mol. The third-order valence-corrected chi connectivity index (χ3v) is 4.43. The summed E-state index contributed by atoms with van der Waals surface area (Å²) in [7, 11) is 0. The largest absolute Gasteiger partial charge is 0.329 e. The van der Waals surface area contributed by atoms with Gasteiger partial charge in [0, 0.05) is 10.8 Å². The van der Waals surface area contributed by atoms with Gasteiger partial charge in [0.1, 0.15) is 5.52 Å². The molecule has 0 atom stereocenters. The number of rotatable bonds is 0. The van der Waals surface area contributed by atoms with Gasteiger partial charge < -0.3 is 4.98 Å². The van der Waals surface area contributed by atoms with E-state index in [0.717, 1.165) is 21.8 Å². The zero-order chi connectivity index (χ0) is 15.4. The van der Waals surface area contributed by atoms with Crippen LogP contribution >= 0.6 is 12.2 Å². The van der Waals surface area contributed by atoms with Gasteiger partial charge in [-0.25, -0.2) is 15.0 Å². The lowest BCUT2D eigenvalue weighted by molar-refractivity contribution is 1.16. The van der Waals surface area contributed by atoms with Crippen LogP contribution in [0.5, 0.6) is 0 Å². The number of aromatic nitrogens is 4. The quantitative estimate of drug-likeness (QED) is 0.259. The van der Waals surface area contributed by atoms with E-state index >= 15 is 0 Å². The summed E-state index contributed by atoms with van der Waals surface area (Å²) in [4.78, 5) is 16.7. The van der Waals surface area contributed by atoms with Crippen molar-refractivity contribution in [1.29, 1.82) is 0 Å². The van der Waals surface area contributed by atoms with E-state index in [4.69, 9.17) is 22.2 Å². The van der Waals surface area contributed by atoms with Gasteiger partial charge in [0.05, 0.1) is 17.4 Å². The zero-order valence-corrected chi connectivity index (χ0v) is 12.8. The summed E-state index contributed by atoms with van der Waals surface area (Å²) in [6, 6.07) is 16.5. The Morgan fingerprint density at radius 1 is 0.696 bits per heavy atom. The SMILES string of the molecule is S=c1nc[nH]c2nc3c4ccccc4c4ccccc4c3nc12. The van der Waals surface area contributed by atoms with Crippen LogP contribution in [0, 0.1) is 4.64 Å². The molecule has 2 aromatic heterocycles. The summed E-state index contributed by atoms with van der Waals surface area (Å²) in [6.45, 7) is 0. The predicted molar refractivity (Wildman–Crippen MR) is 95.0 cm³/mol. The fourth-order valence-corrected chi connectivity index (χ4v) is 3.32. The van der Waals surface area contributed by atoms with Crippen LogP contribution in [0.25, 0.3) is 43.7 Å². The summed E-state index contributed by atoms with van der Waals surface area (Å²) < 4.78 is 0.463. The molecule has 5 rings (SSSR count). The van der Waals surface area contributed by atoms with Crippen molar-refractivity contribution in [2.75, 3.05) is 0 Å². The van der Waals surface area contributed by atoms with Gasteiger partial charge >= 0.3 is 0 Å². The van der Waals surface area contributed by atoms with Gasteiger partial charge in [-0.2, -0.15) is 0 Å². The molecule has 0 fully saturated rings. The number of nitrogens with zero attached hydrogens (tertiary/aromatic N) is 3. The van der Waals surface area contributed by atoms with E-state index in [9.17, 15) is 0 Å². The van der Waals surface area contributed by atoms with Gasteiger partial charge in [-0.1, -0.05) is 60.7 Å². The lowest BCUT2D eigenvalue weighted by Gasteiger charge is -2.09. The molecule has 108 valence electrons. The second kappa shape index (κ2) is 4.54. The zero-order valence-electron chi connectivity index (χ0n) is 11.9. The Morgan fingerprint density at radius 2 is 1.26 bits per heavy atom. The lowest BCUT2D eigenvalue weighted by atomic mass is 9.99. The summed E-state index contributed by atoms with van der Waals surface area (Å²) in [5, 5.41) is 4.51.